The van der Waals surface area contributed by atoms with Gasteiger partial charge in [0.1, 0.15) is 11.0 Å². The maximum atomic E-state index is 15.0. The number of amides is 1. The monoisotopic (exact) mass is 446 g/mol. The molecule has 2 aliphatic rings. The van der Waals surface area contributed by atoms with E-state index in [1.54, 1.807) is 20.8 Å². The van der Waals surface area contributed by atoms with Crippen LogP contribution in [-0.4, -0.2) is 64.6 Å². The average Bonchev–Trinajstić information content (AvgIpc) is 2.94. The minimum absolute atomic E-state index is 0.132. The van der Waals surface area contributed by atoms with Crippen molar-refractivity contribution in [1.29, 1.82) is 0 Å². The zero-order valence-electron chi connectivity index (χ0n) is 16.7. The predicted octanol–water partition coefficient (Wildman–Crippen LogP) is 1.58. The standard InChI is InChI=1S/C18H24ClFN4O6/c1-18(2,3)30-17(28)21-10-7-29-5-4-9(10)23-24-6-8-11(19)14(25)13(16(26)27)22-12(8)15(24)20/h6,9-11,13,22-23H,4-5,7H2,1-3H3,(H,21,28)(H,26,27)/t9-,10+,11?,13?/m1/s1. The van der Waals surface area contributed by atoms with E-state index in [0.717, 1.165) is 4.68 Å². The third-order valence-electron chi connectivity index (χ3n) is 4.68. The number of carbonyl (C=O) groups is 3. The third-order valence-corrected chi connectivity index (χ3v) is 5.13. The van der Waals surface area contributed by atoms with Crippen LogP contribution in [0.15, 0.2) is 6.20 Å². The number of hydrogen-bond donors (Lipinski definition) is 4. The fourth-order valence-electron chi connectivity index (χ4n) is 3.30. The first-order chi connectivity index (χ1) is 14.0. The van der Waals surface area contributed by atoms with Crippen molar-refractivity contribution in [2.45, 2.75) is 56.3 Å². The Hall–Kier alpha value is -2.53. The van der Waals surface area contributed by atoms with E-state index >= 15 is 0 Å². The second kappa shape index (κ2) is 8.31. The molecule has 0 aliphatic carbocycles. The number of Topliss-reactive ketones (excluding diaryl/α,β-unsaturated/α-hetero) is 1. The van der Waals surface area contributed by atoms with Crippen molar-refractivity contribution < 1.29 is 33.4 Å². The first kappa shape index (κ1) is 22.2. The number of ketones is 1. The van der Waals surface area contributed by atoms with Crippen LogP contribution in [0, 0.1) is 5.95 Å². The van der Waals surface area contributed by atoms with Crippen LogP contribution in [0.4, 0.5) is 14.9 Å². The molecular weight excluding hydrogens is 423 g/mol. The lowest BCUT2D eigenvalue weighted by atomic mass is 9.99. The molecule has 30 heavy (non-hydrogen) atoms. The third kappa shape index (κ3) is 4.62. The van der Waals surface area contributed by atoms with Crippen LogP contribution in [0.3, 0.4) is 0 Å². The van der Waals surface area contributed by atoms with Gasteiger partial charge in [0, 0.05) is 18.4 Å². The second-order valence-electron chi connectivity index (χ2n) is 8.15. The summed E-state index contributed by atoms with van der Waals surface area (Å²) in [6, 6.07) is -2.56. The maximum Gasteiger partial charge on any atom is 0.408 e. The Balaban J connectivity index is 1.78. The van der Waals surface area contributed by atoms with E-state index in [1.807, 2.05) is 0 Å². The molecule has 1 aromatic rings. The highest BCUT2D eigenvalue weighted by Gasteiger charge is 2.41. The summed E-state index contributed by atoms with van der Waals surface area (Å²) in [5.41, 5.74) is 2.24. The Morgan fingerprint density at radius 2 is 2.10 bits per heavy atom. The van der Waals surface area contributed by atoms with Crippen LogP contribution >= 0.6 is 11.6 Å². The summed E-state index contributed by atoms with van der Waals surface area (Å²) >= 11 is 6.07. The van der Waals surface area contributed by atoms with Gasteiger partial charge >= 0.3 is 12.1 Å². The van der Waals surface area contributed by atoms with Crippen molar-refractivity contribution >= 4 is 35.1 Å². The van der Waals surface area contributed by atoms with Gasteiger partial charge in [0.25, 0.3) is 0 Å². The summed E-state index contributed by atoms with van der Waals surface area (Å²) in [5.74, 6) is -3.04. The molecule has 1 fully saturated rings. The predicted molar refractivity (Wildman–Crippen MR) is 105 cm³/mol. The van der Waals surface area contributed by atoms with Crippen LogP contribution in [0.25, 0.3) is 0 Å². The van der Waals surface area contributed by atoms with E-state index in [0.29, 0.717) is 13.0 Å². The van der Waals surface area contributed by atoms with Crippen molar-refractivity contribution in [3.05, 3.63) is 17.7 Å². The topological polar surface area (TPSA) is 131 Å². The lowest BCUT2D eigenvalue weighted by molar-refractivity contribution is -0.141. The maximum absolute atomic E-state index is 15.0. The number of carboxylic acid groups (broad SMARTS) is 1. The number of nitrogens with one attached hydrogen (secondary N) is 3. The number of carboxylic acids is 1. The molecule has 3 heterocycles. The van der Waals surface area contributed by atoms with Gasteiger partial charge in [0.15, 0.2) is 11.8 Å². The molecule has 1 saturated heterocycles. The number of aliphatic carboxylic acids is 1. The van der Waals surface area contributed by atoms with Crippen LogP contribution in [0.1, 0.15) is 38.1 Å². The normalized spacial score (nSPS) is 26.4. The quantitative estimate of drug-likeness (QED) is 0.405. The second-order valence-corrected chi connectivity index (χ2v) is 8.59. The van der Waals surface area contributed by atoms with Crippen molar-refractivity contribution in [2.24, 2.45) is 0 Å². The van der Waals surface area contributed by atoms with Gasteiger partial charge in [-0.3, -0.25) is 4.79 Å². The number of carbonyl (C=O) groups excluding carboxylic acids is 2. The Morgan fingerprint density at radius 1 is 1.40 bits per heavy atom. The number of ether oxygens (including phenoxy) is 2. The Kier molecular flexibility index (Phi) is 6.14. The van der Waals surface area contributed by atoms with E-state index < -0.39 is 52.9 Å². The summed E-state index contributed by atoms with van der Waals surface area (Å²) in [6.45, 7) is 5.79. The Morgan fingerprint density at radius 3 is 2.73 bits per heavy atom. The number of rotatable bonds is 4. The van der Waals surface area contributed by atoms with Crippen LogP contribution in [-0.2, 0) is 19.1 Å². The van der Waals surface area contributed by atoms with Crippen molar-refractivity contribution in [1.82, 2.24) is 9.99 Å². The largest absolute Gasteiger partial charge is 0.479 e. The van der Waals surface area contributed by atoms with Gasteiger partial charge in [-0.15, -0.1) is 11.6 Å². The summed E-state index contributed by atoms with van der Waals surface area (Å²) in [7, 11) is 0. The van der Waals surface area contributed by atoms with Gasteiger partial charge in [-0.25, -0.2) is 14.3 Å². The van der Waals surface area contributed by atoms with Crippen molar-refractivity contribution in [2.75, 3.05) is 24.0 Å². The highest BCUT2D eigenvalue weighted by molar-refractivity contribution is 6.35. The van der Waals surface area contributed by atoms with E-state index in [1.165, 1.54) is 6.20 Å². The summed E-state index contributed by atoms with van der Waals surface area (Å²) in [6.07, 6.45) is 1.12. The molecule has 0 radical (unpaired) electrons. The first-order valence-corrected chi connectivity index (χ1v) is 9.83. The van der Waals surface area contributed by atoms with E-state index in [4.69, 9.17) is 26.2 Å². The molecule has 0 spiro atoms. The minimum Gasteiger partial charge on any atom is -0.479 e. The van der Waals surface area contributed by atoms with Crippen LogP contribution < -0.4 is 16.1 Å². The molecule has 3 rings (SSSR count). The molecule has 12 heteroatoms. The lowest BCUT2D eigenvalue weighted by Gasteiger charge is -2.34. The van der Waals surface area contributed by atoms with Gasteiger partial charge in [0.05, 0.1) is 24.4 Å². The number of nitrogens with zero attached hydrogens (tertiary/aromatic N) is 1. The molecular formula is C18H24ClFN4O6. The molecule has 2 aliphatic heterocycles. The van der Waals surface area contributed by atoms with Gasteiger partial charge in [-0.1, -0.05) is 0 Å². The number of anilines is 1. The molecule has 2 unspecified atom stereocenters. The van der Waals surface area contributed by atoms with Gasteiger partial charge in [0.2, 0.25) is 5.95 Å². The number of alkyl carbamates (subject to hydrolysis) is 1. The molecule has 0 bridgehead atoms. The molecule has 1 aromatic heterocycles. The smallest absolute Gasteiger partial charge is 0.408 e. The lowest BCUT2D eigenvalue weighted by Crippen LogP contribution is -2.55. The number of aromatic nitrogens is 1. The van der Waals surface area contributed by atoms with Crippen molar-refractivity contribution in [3.8, 4) is 0 Å². The Labute approximate surface area is 177 Å². The average molecular weight is 447 g/mol. The molecule has 10 nitrogen and oxygen atoms in total. The highest BCUT2D eigenvalue weighted by Crippen LogP contribution is 2.37. The van der Waals surface area contributed by atoms with E-state index in [9.17, 15) is 18.8 Å². The molecule has 166 valence electrons. The molecule has 0 saturated carbocycles. The van der Waals surface area contributed by atoms with E-state index in [-0.39, 0.29) is 17.9 Å². The number of halogens is 2. The van der Waals surface area contributed by atoms with Crippen molar-refractivity contribution in [3.63, 3.8) is 0 Å². The number of hydrogen-bond acceptors (Lipinski definition) is 7. The SMILES string of the molecule is CC(C)(C)OC(=O)N[C@H]1COCC[C@H]1Nn1cc2c(c1F)NC(C(=O)O)C(=O)C2Cl. The molecule has 4 N–H and O–H groups in total. The zero-order valence-corrected chi connectivity index (χ0v) is 17.5. The Bertz CT molecular complexity index is 854. The van der Waals surface area contributed by atoms with Gasteiger partial charge < -0.3 is 30.6 Å². The number of alkyl halides is 1. The fraction of sp³-hybridized carbons (Fsp3) is 0.611. The summed E-state index contributed by atoms with van der Waals surface area (Å²) in [5, 5.41) is 13.0. The van der Waals surface area contributed by atoms with Crippen LogP contribution in [0.2, 0.25) is 0 Å². The minimum atomic E-state index is -1.63. The van der Waals surface area contributed by atoms with Gasteiger partial charge in [-0.05, 0) is 27.2 Å². The summed E-state index contributed by atoms with van der Waals surface area (Å²) < 4.78 is 26.6. The summed E-state index contributed by atoms with van der Waals surface area (Å²) in [4.78, 5) is 35.5. The van der Waals surface area contributed by atoms with Crippen LogP contribution in [0.5, 0.6) is 0 Å². The highest BCUT2D eigenvalue weighted by atomic mass is 35.5. The van der Waals surface area contributed by atoms with E-state index in [2.05, 4.69) is 16.1 Å². The molecule has 0 aromatic carbocycles. The fourth-order valence-corrected chi connectivity index (χ4v) is 3.59. The molecule has 1 amide bonds. The molecule has 4 atom stereocenters. The zero-order chi connectivity index (χ0) is 22.2. The number of fused-ring (bicyclic) bond motifs is 1. The van der Waals surface area contributed by atoms with Gasteiger partial charge in [-0.2, -0.15) is 4.39 Å². The first-order valence-electron chi connectivity index (χ1n) is 9.39.